The number of ether oxygens (including phenoxy) is 1. The molecule has 116 valence electrons. The van der Waals surface area contributed by atoms with Gasteiger partial charge >= 0.3 is 0 Å². The molecule has 1 aromatic carbocycles. The molecule has 0 aliphatic carbocycles. The highest BCUT2D eigenvalue weighted by Crippen LogP contribution is 2.17. The molecule has 2 rings (SSSR count). The molecule has 0 atom stereocenters. The fourth-order valence-corrected chi connectivity index (χ4v) is 2.15. The minimum absolute atomic E-state index is 0.853. The summed E-state index contributed by atoms with van der Waals surface area (Å²) in [6.07, 6.45) is 3.80. The molecule has 1 fully saturated rings. The molecule has 20 heavy (non-hydrogen) atoms. The number of hydrogen-bond acceptors (Lipinski definition) is 2. The fourth-order valence-electron chi connectivity index (χ4n) is 2.15. The number of benzene rings is 1. The highest BCUT2D eigenvalue weighted by molar-refractivity contribution is 5.26. The summed E-state index contributed by atoms with van der Waals surface area (Å²) in [5.74, 6) is 1.85. The van der Waals surface area contributed by atoms with Crippen LogP contribution < -0.4 is 10.1 Å². The third kappa shape index (κ3) is 8.21. The molecular formula is C18H33NO. The lowest BCUT2D eigenvalue weighted by molar-refractivity contribution is 0.252. The summed E-state index contributed by atoms with van der Waals surface area (Å²) >= 11 is 0. The van der Waals surface area contributed by atoms with Crippen molar-refractivity contribution in [3.63, 3.8) is 0 Å². The van der Waals surface area contributed by atoms with Crippen molar-refractivity contribution in [3.8, 4) is 5.75 Å². The molecule has 0 bridgehead atoms. The van der Waals surface area contributed by atoms with Gasteiger partial charge in [0.15, 0.2) is 0 Å². The Morgan fingerprint density at radius 3 is 2.10 bits per heavy atom. The van der Waals surface area contributed by atoms with E-state index in [0.29, 0.717) is 0 Å². The van der Waals surface area contributed by atoms with Crippen molar-refractivity contribution in [3.05, 3.63) is 29.8 Å². The first-order valence-electron chi connectivity index (χ1n) is 8.25. The van der Waals surface area contributed by atoms with E-state index in [9.17, 15) is 0 Å². The van der Waals surface area contributed by atoms with Crippen molar-refractivity contribution < 1.29 is 4.74 Å². The van der Waals surface area contributed by atoms with Crippen LogP contribution in [0.3, 0.4) is 0 Å². The molecular weight excluding hydrogens is 246 g/mol. The van der Waals surface area contributed by atoms with Gasteiger partial charge in [0.25, 0.3) is 0 Å². The van der Waals surface area contributed by atoms with E-state index in [1.165, 1.54) is 37.9 Å². The van der Waals surface area contributed by atoms with E-state index in [0.717, 1.165) is 18.3 Å². The van der Waals surface area contributed by atoms with Crippen LogP contribution in [0.25, 0.3) is 0 Å². The molecule has 0 amide bonds. The fraction of sp³-hybridized carbons (Fsp3) is 0.667. The Labute approximate surface area is 125 Å². The molecule has 1 aliphatic rings. The molecule has 1 N–H and O–H groups in total. The van der Waals surface area contributed by atoms with Gasteiger partial charge in [0.2, 0.25) is 0 Å². The van der Waals surface area contributed by atoms with E-state index in [2.05, 4.69) is 36.5 Å². The van der Waals surface area contributed by atoms with Crippen molar-refractivity contribution in [2.45, 2.75) is 53.9 Å². The lowest BCUT2D eigenvalue weighted by Crippen LogP contribution is -2.28. The average Bonchev–Trinajstić information content (AvgIpc) is 2.54. The second-order valence-corrected chi connectivity index (χ2v) is 4.64. The van der Waals surface area contributed by atoms with Gasteiger partial charge in [-0.1, -0.05) is 45.4 Å². The van der Waals surface area contributed by atoms with Crippen LogP contribution in [0.4, 0.5) is 0 Å². The number of piperidine rings is 1. The summed E-state index contributed by atoms with van der Waals surface area (Å²) in [6, 6.07) is 8.30. The smallest absolute Gasteiger partial charge is 0.119 e. The molecule has 1 aromatic rings. The van der Waals surface area contributed by atoms with Crippen molar-refractivity contribution in [2.24, 2.45) is 5.92 Å². The van der Waals surface area contributed by atoms with Crippen molar-refractivity contribution in [1.29, 1.82) is 0 Å². The van der Waals surface area contributed by atoms with Gasteiger partial charge in [-0.05, 0) is 57.3 Å². The average molecular weight is 279 g/mol. The first-order chi connectivity index (χ1) is 9.84. The number of aryl methyl sites for hydroxylation is 1. The van der Waals surface area contributed by atoms with E-state index in [-0.39, 0.29) is 0 Å². The van der Waals surface area contributed by atoms with Gasteiger partial charge in [-0.3, -0.25) is 0 Å². The zero-order valence-electron chi connectivity index (χ0n) is 14.0. The van der Waals surface area contributed by atoms with Crippen LogP contribution in [0.1, 0.15) is 52.5 Å². The third-order valence-corrected chi connectivity index (χ3v) is 3.27. The van der Waals surface area contributed by atoms with Crippen molar-refractivity contribution in [2.75, 3.05) is 19.7 Å². The van der Waals surface area contributed by atoms with E-state index >= 15 is 0 Å². The second kappa shape index (κ2) is 13.0. The molecule has 0 radical (unpaired) electrons. The van der Waals surface area contributed by atoms with Gasteiger partial charge in [-0.15, -0.1) is 0 Å². The summed E-state index contributed by atoms with van der Waals surface area (Å²) in [7, 11) is 0. The van der Waals surface area contributed by atoms with Crippen LogP contribution in [0.15, 0.2) is 24.3 Å². The van der Waals surface area contributed by atoms with Gasteiger partial charge in [-0.2, -0.15) is 0 Å². The lowest BCUT2D eigenvalue weighted by atomic mass is 9.95. The Morgan fingerprint density at radius 1 is 1.00 bits per heavy atom. The predicted molar refractivity (Wildman–Crippen MR) is 89.6 cm³/mol. The Bertz CT molecular complexity index is 302. The van der Waals surface area contributed by atoms with Gasteiger partial charge in [0.1, 0.15) is 5.75 Å². The van der Waals surface area contributed by atoms with Crippen LogP contribution in [0.2, 0.25) is 0 Å². The Balaban J connectivity index is 0.000000829. The maximum absolute atomic E-state index is 5.74. The summed E-state index contributed by atoms with van der Waals surface area (Å²) in [6.45, 7) is 13.3. The molecule has 1 aliphatic heterocycles. The maximum Gasteiger partial charge on any atom is 0.119 e. The van der Waals surface area contributed by atoms with Gasteiger partial charge in [0, 0.05) is 0 Å². The zero-order valence-corrected chi connectivity index (χ0v) is 14.0. The SMILES string of the molecule is CC.CC.Cc1ccc(OCCC2CCNCC2)cc1. The third-order valence-electron chi connectivity index (χ3n) is 3.27. The number of nitrogens with one attached hydrogen (secondary N) is 1. The predicted octanol–water partition coefficient (Wildman–Crippen LogP) is 4.82. The van der Waals surface area contributed by atoms with E-state index in [1.54, 1.807) is 0 Å². The van der Waals surface area contributed by atoms with Gasteiger partial charge in [-0.25, -0.2) is 0 Å². The lowest BCUT2D eigenvalue weighted by Gasteiger charge is -2.22. The number of hydrogen-bond donors (Lipinski definition) is 1. The van der Waals surface area contributed by atoms with Crippen molar-refractivity contribution in [1.82, 2.24) is 5.32 Å². The summed E-state index contributed by atoms with van der Waals surface area (Å²) in [5.41, 5.74) is 1.28. The van der Waals surface area contributed by atoms with E-state index < -0.39 is 0 Å². The molecule has 2 nitrogen and oxygen atoms in total. The largest absolute Gasteiger partial charge is 0.494 e. The molecule has 1 heterocycles. The van der Waals surface area contributed by atoms with E-state index in [1.807, 2.05) is 27.7 Å². The molecule has 0 saturated carbocycles. The van der Waals surface area contributed by atoms with Crippen LogP contribution in [-0.2, 0) is 0 Å². The normalized spacial score (nSPS) is 14.4. The first-order valence-corrected chi connectivity index (χ1v) is 8.25. The molecule has 1 saturated heterocycles. The molecule has 0 unspecified atom stereocenters. The highest BCUT2D eigenvalue weighted by Gasteiger charge is 2.12. The van der Waals surface area contributed by atoms with Gasteiger partial charge < -0.3 is 10.1 Å². The first kappa shape index (κ1) is 19.0. The highest BCUT2D eigenvalue weighted by atomic mass is 16.5. The minimum Gasteiger partial charge on any atom is -0.494 e. The van der Waals surface area contributed by atoms with Crippen LogP contribution in [-0.4, -0.2) is 19.7 Å². The maximum atomic E-state index is 5.74. The molecule has 0 aromatic heterocycles. The van der Waals surface area contributed by atoms with Crippen LogP contribution >= 0.6 is 0 Å². The Kier molecular flexibility index (Phi) is 12.3. The summed E-state index contributed by atoms with van der Waals surface area (Å²) in [4.78, 5) is 0. The number of rotatable bonds is 4. The molecule has 0 spiro atoms. The van der Waals surface area contributed by atoms with Crippen LogP contribution in [0.5, 0.6) is 5.75 Å². The van der Waals surface area contributed by atoms with Crippen LogP contribution in [0, 0.1) is 12.8 Å². The Hall–Kier alpha value is -1.02. The van der Waals surface area contributed by atoms with Crippen molar-refractivity contribution >= 4 is 0 Å². The quantitative estimate of drug-likeness (QED) is 0.853. The minimum atomic E-state index is 0.853. The van der Waals surface area contributed by atoms with Gasteiger partial charge in [0.05, 0.1) is 6.61 Å². The monoisotopic (exact) mass is 279 g/mol. The Morgan fingerprint density at radius 2 is 1.55 bits per heavy atom. The molecule has 2 heteroatoms. The van der Waals surface area contributed by atoms with E-state index in [4.69, 9.17) is 4.74 Å². The summed E-state index contributed by atoms with van der Waals surface area (Å²) < 4.78 is 5.74. The topological polar surface area (TPSA) is 21.3 Å². The standard InChI is InChI=1S/C14H21NO.2C2H6/c1-12-2-4-14(5-3-12)16-11-8-13-6-9-15-10-7-13;2*1-2/h2-5,13,15H,6-11H2,1H3;2*1-2H3. The summed E-state index contributed by atoms with van der Waals surface area (Å²) in [5, 5.41) is 3.39. The zero-order chi connectivity index (χ0) is 15.2. The second-order valence-electron chi connectivity index (χ2n) is 4.64.